The SMILES string of the molecule is CC/C=C\C/C=C\C/C=C\C/C=C\CCCCC(=O)OC(CO)COP(=O)(O)OCC(COC(=O)CC/C=C\C/C=C\C/C=C\C/C=C\CC)OC(=O)CCCCCCCCCCC/C=C\CCCCCCCC. The summed E-state index contributed by atoms with van der Waals surface area (Å²) in [5.41, 5.74) is 0. The molecule has 0 aliphatic heterocycles. The van der Waals surface area contributed by atoms with Crippen molar-refractivity contribution in [3.8, 4) is 0 Å². The van der Waals surface area contributed by atoms with Gasteiger partial charge in [-0.15, -0.1) is 0 Å². The van der Waals surface area contributed by atoms with E-state index in [-0.39, 0.29) is 25.9 Å². The molecule has 0 aromatic heterocycles. The van der Waals surface area contributed by atoms with Gasteiger partial charge in [0.05, 0.1) is 19.8 Å². The fourth-order valence-electron chi connectivity index (χ4n) is 7.35. The number of carbonyl (C=O) groups is 3. The Morgan fingerprint density at radius 2 is 0.730 bits per heavy atom. The standard InChI is InChI=1S/C62H103O11P/c1-4-7-10-13-16-19-22-25-27-28-29-30-32-35-38-41-44-47-50-53-62(66)73-59(55-69-60(64)51-48-45-42-39-36-33-24-21-18-15-12-9-6-3)57-71-74(67,68)70-56-58(54-63)72-61(65)52-49-46-43-40-37-34-31-26-23-20-17-14-11-8-5-2/h8-9,11-12,17-18,20-21,25-27,31,33,36-37,40,42,45,58-59,63H,4-7,10,13-16,19,22-24,28-30,32,34-35,38-39,41,43-44,46-57H2,1-3H3,(H,67,68)/b11-8-,12-9-,20-17-,21-18-,27-25-,31-26-,36-33-,40-37-,45-42-. The van der Waals surface area contributed by atoms with E-state index in [1.165, 1.54) is 83.5 Å². The molecule has 0 rings (SSSR count). The van der Waals surface area contributed by atoms with Crippen molar-refractivity contribution in [1.29, 1.82) is 0 Å². The fraction of sp³-hybridized carbons (Fsp3) is 0.661. The van der Waals surface area contributed by atoms with Gasteiger partial charge in [0.1, 0.15) is 12.7 Å². The topological polar surface area (TPSA) is 155 Å². The van der Waals surface area contributed by atoms with Gasteiger partial charge in [-0.1, -0.05) is 207 Å². The fourth-order valence-corrected chi connectivity index (χ4v) is 8.14. The van der Waals surface area contributed by atoms with E-state index in [1.807, 2.05) is 12.2 Å². The highest BCUT2D eigenvalue weighted by atomic mass is 31.2. The van der Waals surface area contributed by atoms with Crippen LogP contribution in [0.1, 0.15) is 226 Å². The number of rotatable bonds is 52. The molecular weight excluding hydrogens is 952 g/mol. The van der Waals surface area contributed by atoms with E-state index in [0.29, 0.717) is 19.3 Å². The zero-order chi connectivity index (χ0) is 54.1. The minimum atomic E-state index is -4.78. The average molecular weight is 1060 g/mol. The molecule has 11 nitrogen and oxygen atoms in total. The normalized spacial score (nSPS) is 14.2. The molecule has 0 heterocycles. The molecule has 0 radical (unpaired) electrons. The van der Waals surface area contributed by atoms with Crippen molar-refractivity contribution in [2.24, 2.45) is 0 Å². The monoisotopic (exact) mass is 1050 g/mol. The second-order valence-electron chi connectivity index (χ2n) is 18.7. The quantitative estimate of drug-likeness (QED) is 0.0197. The second-order valence-corrected chi connectivity index (χ2v) is 20.1. The van der Waals surface area contributed by atoms with Gasteiger partial charge in [0.15, 0.2) is 6.10 Å². The molecule has 0 aliphatic carbocycles. The van der Waals surface area contributed by atoms with Crippen LogP contribution in [-0.2, 0) is 42.2 Å². The second kappa shape index (κ2) is 55.4. The van der Waals surface area contributed by atoms with Gasteiger partial charge in [0.25, 0.3) is 0 Å². The predicted molar refractivity (Wildman–Crippen MR) is 307 cm³/mol. The lowest BCUT2D eigenvalue weighted by atomic mass is 10.1. The summed E-state index contributed by atoms with van der Waals surface area (Å²) in [7, 11) is -4.78. The maximum Gasteiger partial charge on any atom is 0.472 e. The Morgan fingerprint density at radius 1 is 0.392 bits per heavy atom. The summed E-state index contributed by atoms with van der Waals surface area (Å²) in [5, 5.41) is 9.80. The molecular formula is C62H103O11P. The van der Waals surface area contributed by atoms with Crippen LogP contribution < -0.4 is 0 Å². The number of ether oxygens (including phenoxy) is 3. The minimum absolute atomic E-state index is 0.0978. The average Bonchev–Trinajstić information content (AvgIpc) is 3.39. The summed E-state index contributed by atoms with van der Waals surface area (Å²) in [6, 6.07) is 0. The van der Waals surface area contributed by atoms with Crippen LogP contribution in [0.3, 0.4) is 0 Å². The first-order valence-electron chi connectivity index (χ1n) is 28.8. The molecule has 2 N–H and O–H groups in total. The number of aliphatic hydroxyl groups excluding tert-OH is 1. The van der Waals surface area contributed by atoms with Crippen molar-refractivity contribution < 1.29 is 52.2 Å². The maximum absolute atomic E-state index is 12.9. The molecule has 0 bridgehead atoms. The smallest absolute Gasteiger partial charge is 0.462 e. The van der Waals surface area contributed by atoms with Crippen molar-refractivity contribution in [3.63, 3.8) is 0 Å². The molecule has 0 fully saturated rings. The first-order chi connectivity index (χ1) is 36.2. The Balaban J connectivity index is 4.81. The third-order valence-electron chi connectivity index (χ3n) is 11.7. The molecule has 0 aromatic carbocycles. The van der Waals surface area contributed by atoms with E-state index in [2.05, 4.69) is 118 Å². The Morgan fingerprint density at radius 3 is 1.18 bits per heavy atom. The molecule has 422 valence electrons. The van der Waals surface area contributed by atoms with Crippen molar-refractivity contribution in [2.45, 2.75) is 238 Å². The Labute approximate surface area is 450 Å². The number of hydrogen-bond donors (Lipinski definition) is 2. The zero-order valence-corrected chi connectivity index (χ0v) is 47.4. The van der Waals surface area contributed by atoms with Crippen LogP contribution in [-0.4, -0.2) is 66.5 Å². The van der Waals surface area contributed by atoms with E-state index in [0.717, 1.165) is 83.5 Å². The molecule has 3 atom stereocenters. The highest BCUT2D eigenvalue weighted by Crippen LogP contribution is 2.43. The molecule has 0 saturated carbocycles. The molecule has 0 amide bonds. The number of aliphatic hydroxyl groups is 1. The molecule has 0 saturated heterocycles. The summed E-state index contributed by atoms with van der Waals surface area (Å²) in [5.74, 6) is -1.62. The van der Waals surface area contributed by atoms with Gasteiger partial charge in [-0.05, 0) is 109 Å². The van der Waals surface area contributed by atoms with Gasteiger partial charge in [0, 0.05) is 19.3 Å². The van der Waals surface area contributed by atoms with Crippen LogP contribution in [0, 0.1) is 0 Å². The molecule has 12 heteroatoms. The number of phosphoric acid groups is 1. The van der Waals surface area contributed by atoms with Gasteiger partial charge in [0.2, 0.25) is 0 Å². The van der Waals surface area contributed by atoms with Crippen molar-refractivity contribution >= 4 is 25.7 Å². The summed E-state index contributed by atoms with van der Waals surface area (Å²) < 4.78 is 39.4. The molecule has 3 unspecified atom stereocenters. The van der Waals surface area contributed by atoms with Gasteiger partial charge >= 0.3 is 25.7 Å². The Hall–Kier alpha value is -3.86. The maximum atomic E-state index is 12.9. The zero-order valence-electron chi connectivity index (χ0n) is 46.5. The third-order valence-corrected chi connectivity index (χ3v) is 12.6. The van der Waals surface area contributed by atoms with E-state index in [1.54, 1.807) is 0 Å². The first-order valence-corrected chi connectivity index (χ1v) is 30.3. The lowest BCUT2D eigenvalue weighted by molar-refractivity contribution is -0.161. The van der Waals surface area contributed by atoms with E-state index < -0.39 is 57.8 Å². The van der Waals surface area contributed by atoms with Gasteiger partial charge in [-0.25, -0.2) is 4.57 Å². The minimum Gasteiger partial charge on any atom is -0.462 e. The predicted octanol–water partition coefficient (Wildman–Crippen LogP) is 17.0. The van der Waals surface area contributed by atoms with Crippen molar-refractivity contribution in [3.05, 3.63) is 109 Å². The molecule has 0 spiro atoms. The first kappa shape index (κ1) is 70.1. The number of hydrogen-bond acceptors (Lipinski definition) is 10. The highest BCUT2D eigenvalue weighted by molar-refractivity contribution is 7.47. The van der Waals surface area contributed by atoms with Crippen LogP contribution in [0.4, 0.5) is 0 Å². The van der Waals surface area contributed by atoms with Crippen LogP contribution >= 0.6 is 7.82 Å². The lowest BCUT2D eigenvalue weighted by Gasteiger charge is -2.21. The van der Waals surface area contributed by atoms with Gasteiger partial charge in [-0.3, -0.25) is 23.4 Å². The van der Waals surface area contributed by atoms with Crippen molar-refractivity contribution in [1.82, 2.24) is 0 Å². The Bertz CT molecular complexity index is 1660. The summed E-state index contributed by atoms with van der Waals surface area (Å²) in [6.07, 6.45) is 66.5. The third kappa shape index (κ3) is 53.0. The molecule has 74 heavy (non-hydrogen) atoms. The van der Waals surface area contributed by atoms with Crippen molar-refractivity contribution in [2.75, 3.05) is 26.4 Å². The van der Waals surface area contributed by atoms with Crippen LogP contribution in [0.2, 0.25) is 0 Å². The number of esters is 3. The summed E-state index contributed by atoms with van der Waals surface area (Å²) in [6.45, 7) is 4.27. The summed E-state index contributed by atoms with van der Waals surface area (Å²) in [4.78, 5) is 48.5. The highest BCUT2D eigenvalue weighted by Gasteiger charge is 2.28. The van der Waals surface area contributed by atoms with Crippen LogP contribution in [0.15, 0.2) is 109 Å². The van der Waals surface area contributed by atoms with E-state index in [4.69, 9.17) is 23.3 Å². The molecule has 0 aliphatic rings. The largest absolute Gasteiger partial charge is 0.472 e. The van der Waals surface area contributed by atoms with Crippen LogP contribution in [0.25, 0.3) is 0 Å². The number of allylic oxidation sites excluding steroid dienone is 18. The number of unbranched alkanes of at least 4 members (excludes halogenated alkanes) is 17. The van der Waals surface area contributed by atoms with E-state index in [9.17, 15) is 28.9 Å². The van der Waals surface area contributed by atoms with E-state index >= 15 is 0 Å². The number of phosphoric ester groups is 1. The number of carbonyl (C=O) groups excluding carboxylic acids is 3. The Kier molecular flexibility index (Phi) is 52.5. The lowest BCUT2D eigenvalue weighted by Crippen LogP contribution is -2.30. The van der Waals surface area contributed by atoms with Crippen LogP contribution in [0.5, 0.6) is 0 Å². The van der Waals surface area contributed by atoms with Gasteiger partial charge < -0.3 is 24.2 Å². The summed E-state index contributed by atoms with van der Waals surface area (Å²) >= 11 is 0. The molecule has 0 aromatic rings. The van der Waals surface area contributed by atoms with Gasteiger partial charge in [-0.2, -0.15) is 0 Å².